The highest BCUT2D eigenvalue weighted by Gasteiger charge is 2.09. The largest absolute Gasteiger partial charge is 0.361 e. The molecule has 0 aliphatic heterocycles. The summed E-state index contributed by atoms with van der Waals surface area (Å²) < 4.78 is 25.9. The van der Waals surface area contributed by atoms with E-state index in [9.17, 15) is 13.6 Å². The lowest BCUT2D eigenvalue weighted by Gasteiger charge is -2.06. The molecule has 0 fully saturated rings. The Morgan fingerprint density at radius 1 is 1.00 bits per heavy atom. The second-order valence-electron chi connectivity index (χ2n) is 4.36. The molecule has 1 heterocycles. The number of anilines is 1. The molecular formula is C15H10F2N2O. The van der Waals surface area contributed by atoms with Crippen molar-refractivity contribution in [3.63, 3.8) is 0 Å². The Morgan fingerprint density at radius 3 is 2.65 bits per heavy atom. The number of rotatable bonds is 2. The van der Waals surface area contributed by atoms with Crippen LogP contribution in [-0.2, 0) is 0 Å². The maximum Gasteiger partial charge on any atom is 0.255 e. The van der Waals surface area contributed by atoms with Gasteiger partial charge in [0.1, 0.15) is 0 Å². The fourth-order valence-electron chi connectivity index (χ4n) is 1.97. The van der Waals surface area contributed by atoms with Gasteiger partial charge in [0.25, 0.3) is 5.91 Å². The minimum atomic E-state index is -0.998. The van der Waals surface area contributed by atoms with Gasteiger partial charge in [-0.15, -0.1) is 0 Å². The van der Waals surface area contributed by atoms with E-state index in [1.807, 2.05) is 12.1 Å². The minimum absolute atomic E-state index is 0.209. The van der Waals surface area contributed by atoms with Crippen molar-refractivity contribution in [2.24, 2.45) is 0 Å². The Bertz CT molecular complexity index is 795. The van der Waals surface area contributed by atoms with E-state index >= 15 is 0 Å². The normalized spacial score (nSPS) is 10.7. The summed E-state index contributed by atoms with van der Waals surface area (Å²) in [6.07, 6.45) is 1.78. The molecule has 0 aliphatic rings. The number of aromatic nitrogens is 1. The number of amides is 1. The van der Waals surface area contributed by atoms with Crippen molar-refractivity contribution in [1.29, 1.82) is 0 Å². The van der Waals surface area contributed by atoms with Crippen LogP contribution in [0.1, 0.15) is 10.4 Å². The summed E-state index contributed by atoms with van der Waals surface area (Å²) in [6.45, 7) is 0. The molecule has 5 heteroatoms. The van der Waals surface area contributed by atoms with Crippen LogP contribution in [0.3, 0.4) is 0 Å². The molecule has 2 aromatic carbocycles. The molecule has 3 nitrogen and oxygen atoms in total. The van der Waals surface area contributed by atoms with E-state index in [1.165, 1.54) is 6.07 Å². The highest BCUT2D eigenvalue weighted by Crippen LogP contribution is 2.17. The number of nitrogens with one attached hydrogen (secondary N) is 2. The van der Waals surface area contributed by atoms with Crippen molar-refractivity contribution in [3.05, 3.63) is 65.9 Å². The minimum Gasteiger partial charge on any atom is -0.361 e. The molecule has 3 aromatic rings. The summed E-state index contributed by atoms with van der Waals surface area (Å²) in [5.74, 6) is -2.33. The van der Waals surface area contributed by atoms with E-state index in [2.05, 4.69) is 10.3 Å². The molecule has 1 aromatic heterocycles. The van der Waals surface area contributed by atoms with Gasteiger partial charge in [0, 0.05) is 29.0 Å². The van der Waals surface area contributed by atoms with Crippen molar-refractivity contribution in [2.45, 2.75) is 0 Å². The molecule has 0 unspecified atom stereocenters. The average molecular weight is 272 g/mol. The summed E-state index contributed by atoms with van der Waals surface area (Å²) in [4.78, 5) is 15.0. The maximum atomic E-state index is 13.1. The van der Waals surface area contributed by atoms with Crippen LogP contribution in [-0.4, -0.2) is 10.9 Å². The van der Waals surface area contributed by atoms with Crippen LogP contribution < -0.4 is 5.32 Å². The number of hydrogen-bond acceptors (Lipinski definition) is 1. The molecule has 0 radical (unpaired) electrons. The fraction of sp³-hybridized carbons (Fsp3) is 0. The summed E-state index contributed by atoms with van der Waals surface area (Å²) in [5, 5.41) is 3.52. The SMILES string of the molecule is O=C(Nc1ccc(F)c(F)c1)c1ccc2cc[nH]c2c1. The number of fused-ring (bicyclic) bond motifs is 1. The molecule has 0 spiro atoms. The van der Waals surface area contributed by atoms with Crippen LogP contribution >= 0.6 is 0 Å². The van der Waals surface area contributed by atoms with Crippen LogP contribution in [0.5, 0.6) is 0 Å². The number of H-pyrrole nitrogens is 1. The van der Waals surface area contributed by atoms with Crippen LogP contribution in [0, 0.1) is 11.6 Å². The first-order chi connectivity index (χ1) is 9.63. The van der Waals surface area contributed by atoms with Gasteiger partial charge < -0.3 is 10.3 Å². The van der Waals surface area contributed by atoms with Crippen molar-refractivity contribution in [3.8, 4) is 0 Å². The second-order valence-corrected chi connectivity index (χ2v) is 4.36. The number of hydrogen-bond donors (Lipinski definition) is 2. The van der Waals surface area contributed by atoms with Gasteiger partial charge >= 0.3 is 0 Å². The van der Waals surface area contributed by atoms with E-state index < -0.39 is 11.6 Å². The Hall–Kier alpha value is -2.69. The highest BCUT2D eigenvalue weighted by molar-refractivity contribution is 6.06. The molecule has 3 rings (SSSR count). The van der Waals surface area contributed by atoms with Gasteiger partial charge in [-0.1, -0.05) is 6.07 Å². The van der Waals surface area contributed by atoms with E-state index in [-0.39, 0.29) is 11.6 Å². The van der Waals surface area contributed by atoms with Gasteiger partial charge in [-0.05, 0) is 35.7 Å². The maximum absolute atomic E-state index is 13.1. The van der Waals surface area contributed by atoms with Gasteiger partial charge in [-0.2, -0.15) is 0 Å². The molecule has 0 saturated carbocycles. The predicted molar refractivity (Wildman–Crippen MR) is 72.6 cm³/mol. The van der Waals surface area contributed by atoms with Crippen LogP contribution in [0.2, 0.25) is 0 Å². The molecule has 0 saturated heterocycles. The second kappa shape index (κ2) is 4.77. The number of benzene rings is 2. The first-order valence-electron chi connectivity index (χ1n) is 5.97. The Balaban J connectivity index is 1.86. The third-order valence-corrected chi connectivity index (χ3v) is 2.99. The van der Waals surface area contributed by atoms with Gasteiger partial charge in [-0.3, -0.25) is 4.79 Å². The van der Waals surface area contributed by atoms with Crippen LogP contribution in [0.4, 0.5) is 14.5 Å². The lowest BCUT2D eigenvalue weighted by atomic mass is 10.1. The summed E-state index contributed by atoms with van der Waals surface area (Å²) in [5.41, 5.74) is 1.48. The molecular weight excluding hydrogens is 262 g/mol. The quantitative estimate of drug-likeness (QED) is 0.734. The van der Waals surface area contributed by atoms with Gasteiger partial charge in [-0.25, -0.2) is 8.78 Å². The molecule has 2 N–H and O–H groups in total. The molecule has 20 heavy (non-hydrogen) atoms. The van der Waals surface area contributed by atoms with Crippen molar-refractivity contribution >= 4 is 22.5 Å². The summed E-state index contributed by atoms with van der Waals surface area (Å²) in [7, 11) is 0. The summed E-state index contributed by atoms with van der Waals surface area (Å²) in [6, 6.07) is 10.3. The fourth-order valence-corrected chi connectivity index (χ4v) is 1.97. The van der Waals surface area contributed by atoms with Gasteiger partial charge in [0.15, 0.2) is 11.6 Å². The zero-order valence-corrected chi connectivity index (χ0v) is 10.3. The Labute approximate surface area is 113 Å². The van der Waals surface area contributed by atoms with Crippen LogP contribution in [0.15, 0.2) is 48.7 Å². The standard InChI is InChI=1S/C15H10F2N2O/c16-12-4-3-11(8-13(12)17)19-15(20)10-2-1-9-5-6-18-14(9)7-10/h1-8,18H,(H,19,20). The monoisotopic (exact) mass is 272 g/mol. The number of aromatic amines is 1. The molecule has 0 bridgehead atoms. The first-order valence-corrected chi connectivity index (χ1v) is 5.97. The van der Waals surface area contributed by atoms with E-state index in [0.29, 0.717) is 5.56 Å². The number of carbonyl (C=O) groups excluding carboxylic acids is 1. The van der Waals surface area contributed by atoms with Crippen molar-refractivity contribution in [2.75, 3.05) is 5.32 Å². The third-order valence-electron chi connectivity index (χ3n) is 2.99. The van der Waals surface area contributed by atoms with Gasteiger partial charge in [0.2, 0.25) is 0 Å². The molecule has 1 amide bonds. The zero-order valence-electron chi connectivity index (χ0n) is 10.3. The smallest absolute Gasteiger partial charge is 0.255 e. The van der Waals surface area contributed by atoms with E-state index in [1.54, 1.807) is 18.3 Å². The number of carbonyl (C=O) groups is 1. The van der Waals surface area contributed by atoms with E-state index in [0.717, 1.165) is 23.0 Å². The third kappa shape index (κ3) is 2.25. The van der Waals surface area contributed by atoms with E-state index in [4.69, 9.17) is 0 Å². The summed E-state index contributed by atoms with van der Waals surface area (Å²) >= 11 is 0. The zero-order chi connectivity index (χ0) is 14.1. The van der Waals surface area contributed by atoms with Gasteiger partial charge in [0.05, 0.1) is 0 Å². The highest BCUT2D eigenvalue weighted by atomic mass is 19.2. The lowest BCUT2D eigenvalue weighted by molar-refractivity contribution is 0.102. The molecule has 0 aliphatic carbocycles. The molecule has 100 valence electrons. The Kier molecular flexibility index (Phi) is 2.95. The van der Waals surface area contributed by atoms with Crippen molar-refractivity contribution < 1.29 is 13.6 Å². The number of halogens is 2. The van der Waals surface area contributed by atoms with Crippen LogP contribution in [0.25, 0.3) is 10.9 Å². The predicted octanol–water partition coefficient (Wildman–Crippen LogP) is 3.70. The lowest BCUT2D eigenvalue weighted by Crippen LogP contribution is -2.12. The van der Waals surface area contributed by atoms with Crippen molar-refractivity contribution in [1.82, 2.24) is 4.98 Å². The topological polar surface area (TPSA) is 44.9 Å². The average Bonchev–Trinajstić information content (AvgIpc) is 2.90. The molecule has 0 atom stereocenters. The Morgan fingerprint density at radius 2 is 1.85 bits per heavy atom. The first kappa shape index (κ1) is 12.3.